The number of rotatable bonds is 9. The van der Waals surface area contributed by atoms with Crippen molar-refractivity contribution in [3.63, 3.8) is 0 Å². The van der Waals surface area contributed by atoms with E-state index in [-0.39, 0.29) is 29.0 Å². The number of nitrogens with zero attached hydrogens (tertiary/aromatic N) is 1. The first-order valence-electron chi connectivity index (χ1n) is 9.00. The Morgan fingerprint density at radius 1 is 1.14 bits per heavy atom. The van der Waals surface area contributed by atoms with Crippen LogP contribution in [0.5, 0.6) is 11.5 Å². The number of carbonyl (C=O) groups excluding carboxylic acids is 1. The standard InChI is InChI=1S/C20H25ClN2O5S/c1-5-23(29(25,26)17-10-11-19(28-4)18(21)12-17)13-20(24)22-14(2)15-6-8-16(27-3)9-7-15/h6-12,14H,5,13H2,1-4H3,(H,22,24)/t14-/m1/s1. The molecule has 0 fully saturated rings. The van der Waals surface area contributed by atoms with E-state index in [4.69, 9.17) is 21.1 Å². The fourth-order valence-corrected chi connectivity index (χ4v) is 4.50. The molecule has 2 rings (SSSR count). The lowest BCUT2D eigenvalue weighted by atomic mass is 10.1. The summed E-state index contributed by atoms with van der Waals surface area (Å²) in [6, 6.07) is 11.2. The normalized spacial score (nSPS) is 12.5. The number of methoxy groups -OCH3 is 2. The van der Waals surface area contributed by atoms with E-state index in [2.05, 4.69) is 5.32 Å². The van der Waals surface area contributed by atoms with Crippen molar-refractivity contribution in [2.24, 2.45) is 0 Å². The Balaban J connectivity index is 2.10. The average molecular weight is 441 g/mol. The summed E-state index contributed by atoms with van der Waals surface area (Å²) in [6.07, 6.45) is 0. The summed E-state index contributed by atoms with van der Waals surface area (Å²) < 4.78 is 37.1. The van der Waals surface area contributed by atoms with E-state index in [1.54, 1.807) is 26.2 Å². The third-order valence-corrected chi connectivity index (χ3v) is 6.64. The van der Waals surface area contributed by atoms with Crippen LogP contribution < -0.4 is 14.8 Å². The Morgan fingerprint density at radius 3 is 2.31 bits per heavy atom. The summed E-state index contributed by atoms with van der Waals surface area (Å²) >= 11 is 6.05. The van der Waals surface area contributed by atoms with E-state index in [0.717, 1.165) is 9.87 Å². The van der Waals surface area contributed by atoms with Gasteiger partial charge < -0.3 is 14.8 Å². The van der Waals surface area contributed by atoms with Crippen LogP contribution >= 0.6 is 11.6 Å². The number of nitrogens with one attached hydrogen (secondary N) is 1. The number of hydrogen-bond acceptors (Lipinski definition) is 5. The SMILES string of the molecule is CCN(CC(=O)N[C@H](C)c1ccc(OC)cc1)S(=O)(=O)c1ccc(OC)c(Cl)c1. The summed E-state index contributed by atoms with van der Waals surface area (Å²) in [7, 11) is -0.861. The Kier molecular flexibility index (Phi) is 7.89. The molecule has 2 aromatic rings. The highest BCUT2D eigenvalue weighted by atomic mass is 35.5. The van der Waals surface area contributed by atoms with Gasteiger partial charge in [0, 0.05) is 6.54 Å². The van der Waals surface area contributed by atoms with Gasteiger partial charge in [-0.3, -0.25) is 4.79 Å². The van der Waals surface area contributed by atoms with Crippen molar-refractivity contribution in [3.8, 4) is 11.5 Å². The number of carbonyl (C=O) groups is 1. The Labute approximate surface area is 176 Å². The van der Waals surface area contributed by atoms with Crippen molar-refractivity contribution in [1.29, 1.82) is 0 Å². The first-order valence-corrected chi connectivity index (χ1v) is 10.8. The topological polar surface area (TPSA) is 84.9 Å². The van der Waals surface area contributed by atoms with Crippen molar-refractivity contribution >= 4 is 27.5 Å². The summed E-state index contributed by atoms with van der Waals surface area (Å²) in [6.45, 7) is 3.33. The third kappa shape index (κ3) is 5.62. The van der Waals surface area contributed by atoms with E-state index in [0.29, 0.717) is 11.5 Å². The lowest BCUT2D eigenvalue weighted by molar-refractivity contribution is -0.121. The number of halogens is 1. The largest absolute Gasteiger partial charge is 0.497 e. The number of hydrogen-bond donors (Lipinski definition) is 1. The highest BCUT2D eigenvalue weighted by Gasteiger charge is 2.26. The minimum atomic E-state index is -3.89. The van der Waals surface area contributed by atoms with Crippen LogP contribution in [-0.4, -0.2) is 45.9 Å². The maximum atomic E-state index is 12.9. The summed E-state index contributed by atoms with van der Waals surface area (Å²) in [5.41, 5.74) is 0.881. The first-order chi connectivity index (χ1) is 13.7. The van der Waals surface area contributed by atoms with Gasteiger partial charge in [-0.25, -0.2) is 8.42 Å². The smallest absolute Gasteiger partial charge is 0.243 e. The molecule has 9 heteroatoms. The molecule has 0 aliphatic rings. The van der Waals surface area contributed by atoms with Gasteiger partial charge in [0.2, 0.25) is 15.9 Å². The van der Waals surface area contributed by atoms with E-state index in [1.807, 2.05) is 19.1 Å². The van der Waals surface area contributed by atoms with Crippen LogP contribution in [-0.2, 0) is 14.8 Å². The Morgan fingerprint density at radius 2 is 1.79 bits per heavy atom. The highest BCUT2D eigenvalue weighted by molar-refractivity contribution is 7.89. The first kappa shape index (κ1) is 23.0. The molecule has 0 radical (unpaired) electrons. The van der Waals surface area contributed by atoms with E-state index >= 15 is 0 Å². The zero-order valence-corrected chi connectivity index (χ0v) is 18.4. The molecular weight excluding hydrogens is 416 g/mol. The fourth-order valence-electron chi connectivity index (χ4n) is 2.75. The second-order valence-electron chi connectivity index (χ2n) is 6.29. The van der Waals surface area contributed by atoms with Gasteiger partial charge in [-0.05, 0) is 42.8 Å². The maximum absolute atomic E-state index is 12.9. The highest BCUT2D eigenvalue weighted by Crippen LogP contribution is 2.28. The van der Waals surface area contributed by atoms with Gasteiger partial charge in [-0.15, -0.1) is 0 Å². The van der Waals surface area contributed by atoms with Gasteiger partial charge in [0.1, 0.15) is 11.5 Å². The van der Waals surface area contributed by atoms with Crippen LogP contribution in [0.1, 0.15) is 25.5 Å². The molecule has 0 aliphatic carbocycles. The number of amides is 1. The molecule has 1 atom stereocenters. The van der Waals surface area contributed by atoms with Gasteiger partial charge in [0.05, 0.1) is 36.7 Å². The molecule has 29 heavy (non-hydrogen) atoms. The lowest BCUT2D eigenvalue weighted by Gasteiger charge is -2.22. The molecule has 0 spiro atoms. The van der Waals surface area contributed by atoms with Crippen LogP contribution in [0.3, 0.4) is 0 Å². The van der Waals surface area contributed by atoms with E-state index in [9.17, 15) is 13.2 Å². The fraction of sp³-hybridized carbons (Fsp3) is 0.350. The molecule has 2 aromatic carbocycles. The van der Waals surface area contributed by atoms with Gasteiger partial charge in [-0.2, -0.15) is 4.31 Å². The van der Waals surface area contributed by atoms with Crippen molar-refractivity contribution < 1.29 is 22.7 Å². The van der Waals surface area contributed by atoms with Crippen LogP contribution in [0.25, 0.3) is 0 Å². The zero-order chi connectivity index (χ0) is 21.6. The van der Waals surface area contributed by atoms with Crippen LogP contribution in [0, 0.1) is 0 Å². The molecule has 1 amide bonds. The average Bonchev–Trinajstić information content (AvgIpc) is 2.71. The van der Waals surface area contributed by atoms with E-state index in [1.165, 1.54) is 25.3 Å². The van der Waals surface area contributed by atoms with Crippen molar-refractivity contribution in [3.05, 3.63) is 53.1 Å². The number of benzene rings is 2. The monoisotopic (exact) mass is 440 g/mol. The molecule has 7 nitrogen and oxygen atoms in total. The second kappa shape index (κ2) is 9.96. The molecule has 158 valence electrons. The maximum Gasteiger partial charge on any atom is 0.243 e. The molecule has 0 bridgehead atoms. The molecule has 1 N–H and O–H groups in total. The summed E-state index contributed by atoms with van der Waals surface area (Å²) in [5.74, 6) is 0.687. The summed E-state index contributed by atoms with van der Waals surface area (Å²) in [4.78, 5) is 12.5. The van der Waals surface area contributed by atoms with Gasteiger partial charge >= 0.3 is 0 Å². The van der Waals surface area contributed by atoms with Gasteiger partial charge in [0.25, 0.3) is 0 Å². The molecule has 0 aliphatic heterocycles. The zero-order valence-electron chi connectivity index (χ0n) is 16.8. The lowest BCUT2D eigenvalue weighted by Crippen LogP contribution is -2.41. The number of sulfonamides is 1. The minimum absolute atomic E-state index is 0.00107. The predicted molar refractivity (Wildman–Crippen MR) is 112 cm³/mol. The minimum Gasteiger partial charge on any atom is -0.497 e. The Hall–Kier alpha value is -2.29. The van der Waals surface area contributed by atoms with Crippen molar-refractivity contribution in [2.45, 2.75) is 24.8 Å². The molecule has 0 aromatic heterocycles. The molecule has 0 heterocycles. The van der Waals surface area contributed by atoms with Crippen LogP contribution in [0.15, 0.2) is 47.4 Å². The Bertz CT molecular complexity index is 948. The van der Waals surface area contributed by atoms with Gasteiger partial charge in [-0.1, -0.05) is 30.7 Å². The quantitative estimate of drug-likeness (QED) is 0.647. The second-order valence-corrected chi connectivity index (χ2v) is 8.64. The molecular formula is C20H25ClN2O5S. The number of ether oxygens (including phenoxy) is 2. The molecule has 0 unspecified atom stereocenters. The van der Waals surface area contributed by atoms with E-state index < -0.39 is 15.9 Å². The van der Waals surface area contributed by atoms with Crippen molar-refractivity contribution in [1.82, 2.24) is 9.62 Å². The van der Waals surface area contributed by atoms with Crippen LogP contribution in [0.2, 0.25) is 5.02 Å². The predicted octanol–water partition coefficient (Wildman–Crippen LogP) is 3.25. The van der Waals surface area contributed by atoms with Crippen LogP contribution in [0.4, 0.5) is 0 Å². The summed E-state index contributed by atoms with van der Waals surface area (Å²) in [5, 5.41) is 3.00. The van der Waals surface area contributed by atoms with Gasteiger partial charge in [0.15, 0.2) is 0 Å². The molecule has 0 saturated heterocycles. The van der Waals surface area contributed by atoms with Crippen molar-refractivity contribution in [2.75, 3.05) is 27.3 Å². The third-order valence-electron chi connectivity index (χ3n) is 4.43. The number of likely N-dealkylation sites (N-methyl/N-ethyl adjacent to an activating group) is 1. The molecule has 0 saturated carbocycles.